The summed E-state index contributed by atoms with van der Waals surface area (Å²) in [5, 5.41) is 8.71. The van der Waals surface area contributed by atoms with Crippen molar-refractivity contribution in [3.8, 4) is 0 Å². The average Bonchev–Trinajstić information content (AvgIpc) is 2.72. The minimum atomic E-state index is -0.981. The number of aliphatic carboxylic acids is 1. The van der Waals surface area contributed by atoms with Gasteiger partial charge in [0.05, 0.1) is 19.8 Å². The van der Waals surface area contributed by atoms with Gasteiger partial charge in [-0.25, -0.2) is 9.59 Å². The molecule has 6 nitrogen and oxygen atoms in total. The number of carboxylic acid groups (broad SMARTS) is 1. The number of hydrogen-bond acceptors (Lipinski definition) is 3. The lowest BCUT2D eigenvalue weighted by molar-refractivity contribution is -0.131. The first kappa shape index (κ1) is 18.7. The Bertz CT molecular complexity index is 797. The summed E-state index contributed by atoms with van der Waals surface area (Å²) in [5.41, 5.74) is 2.60. The molecule has 1 aliphatic rings. The summed E-state index contributed by atoms with van der Waals surface area (Å²) in [7, 11) is 0. The molecule has 27 heavy (non-hydrogen) atoms. The molecule has 0 radical (unpaired) electrons. The molecule has 2 aromatic rings. The molecule has 2 aromatic carbocycles. The Kier molecular flexibility index (Phi) is 6.22. The SMILES string of the molecule is O=C(O)/C=C/c1ccc(CN(C(=O)N2CCOCC2)c2ccccc2)cc1. The standard InChI is InChI=1S/C21H22N2O4/c24-20(25)11-10-17-6-8-18(9-7-17)16-23(19-4-2-1-3-5-19)21(26)22-12-14-27-15-13-22/h1-11H,12-16H2,(H,24,25)/b11-10+. The summed E-state index contributed by atoms with van der Waals surface area (Å²) in [6, 6.07) is 17.0. The van der Waals surface area contributed by atoms with Crippen LogP contribution in [0.5, 0.6) is 0 Å². The molecule has 3 rings (SSSR count). The summed E-state index contributed by atoms with van der Waals surface area (Å²) in [6.45, 7) is 2.71. The number of carbonyl (C=O) groups is 2. The molecule has 1 aliphatic heterocycles. The number of anilines is 1. The van der Waals surface area contributed by atoms with E-state index in [0.29, 0.717) is 32.8 Å². The number of ether oxygens (including phenoxy) is 1. The fourth-order valence-electron chi connectivity index (χ4n) is 2.89. The van der Waals surface area contributed by atoms with Gasteiger partial charge in [0.15, 0.2) is 0 Å². The van der Waals surface area contributed by atoms with Gasteiger partial charge in [0.2, 0.25) is 0 Å². The summed E-state index contributed by atoms with van der Waals surface area (Å²) in [6.07, 6.45) is 2.65. The lowest BCUT2D eigenvalue weighted by Crippen LogP contribution is -2.48. The molecule has 0 unspecified atom stereocenters. The van der Waals surface area contributed by atoms with Gasteiger partial charge in [-0.15, -0.1) is 0 Å². The summed E-state index contributed by atoms with van der Waals surface area (Å²) in [4.78, 5) is 27.3. The van der Waals surface area contributed by atoms with Crippen molar-refractivity contribution in [3.63, 3.8) is 0 Å². The number of amides is 2. The molecule has 0 saturated carbocycles. The van der Waals surface area contributed by atoms with E-state index in [-0.39, 0.29) is 6.03 Å². The Hall–Kier alpha value is -3.12. The lowest BCUT2D eigenvalue weighted by Gasteiger charge is -2.33. The van der Waals surface area contributed by atoms with Crippen molar-refractivity contribution >= 4 is 23.8 Å². The average molecular weight is 366 g/mol. The van der Waals surface area contributed by atoms with E-state index in [2.05, 4.69) is 0 Å². The monoisotopic (exact) mass is 366 g/mol. The largest absolute Gasteiger partial charge is 0.478 e. The number of carbonyl (C=O) groups excluding carboxylic acids is 1. The predicted octanol–water partition coefficient (Wildman–Crippen LogP) is 3.24. The molecule has 0 atom stereocenters. The van der Waals surface area contributed by atoms with E-state index in [4.69, 9.17) is 9.84 Å². The minimum absolute atomic E-state index is 0.0423. The molecule has 1 saturated heterocycles. The van der Waals surface area contributed by atoms with Gasteiger partial charge in [0.1, 0.15) is 0 Å². The normalized spacial score (nSPS) is 14.3. The zero-order chi connectivity index (χ0) is 19.1. The van der Waals surface area contributed by atoms with Crippen LogP contribution in [-0.4, -0.2) is 48.3 Å². The third-order valence-electron chi connectivity index (χ3n) is 4.32. The number of benzene rings is 2. The van der Waals surface area contributed by atoms with E-state index in [1.54, 1.807) is 15.9 Å². The fourth-order valence-corrected chi connectivity index (χ4v) is 2.89. The van der Waals surface area contributed by atoms with Gasteiger partial charge < -0.3 is 14.7 Å². The molecular weight excluding hydrogens is 344 g/mol. The molecule has 0 aromatic heterocycles. The van der Waals surface area contributed by atoms with Crippen molar-refractivity contribution in [2.75, 3.05) is 31.2 Å². The van der Waals surface area contributed by atoms with Gasteiger partial charge in [0.25, 0.3) is 0 Å². The number of urea groups is 1. The Balaban J connectivity index is 1.79. The van der Waals surface area contributed by atoms with Gasteiger partial charge in [-0.1, -0.05) is 42.5 Å². The molecule has 0 spiro atoms. The Morgan fingerprint density at radius 2 is 1.70 bits per heavy atom. The van der Waals surface area contributed by atoms with Crippen LogP contribution in [0.3, 0.4) is 0 Å². The topological polar surface area (TPSA) is 70.1 Å². The summed E-state index contributed by atoms with van der Waals surface area (Å²) < 4.78 is 5.35. The van der Waals surface area contributed by atoms with Gasteiger partial charge in [-0.2, -0.15) is 0 Å². The minimum Gasteiger partial charge on any atom is -0.478 e. The van der Waals surface area contributed by atoms with E-state index in [9.17, 15) is 9.59 Å². The molecule has 1 N–H and O–H groups in total. The molecule has 1 heterocycles. The van der Waals surface area contributed by atoms with Crippen molar-refractivity contribution in [3.05, 3.63) is 71.8 Å². The maximum Gasteiger partial charge on any atom is 0.328 e. The number of hydrogen-bond donors (Lipinski definition) is 1. The highest BCUT2D eigenvalue weighted by atomic mass is 16.5. The Morgan fingerprint density at radius 3 is 2.33 bits per heavy atom. The maximum absolute atomic E-state index is 13.1. The van der Waals surface area contributed by atoms with Crippen molar-refractivity contribution in [2.45, 2.75) is 6.54 Å². The first-order valence-corrected chi connectivity index (χ1v) is 8.82. The number of carboxylic acids is 1. The van der Waals surface area contributed by atoms with Gasteiger partial charge >= 0.3 is 12.0 Å². The van der Waals surface area contributed by atoms with Gasteiger partial charge in [-0.05, 0) is 29.3 Å². The van der Waals surface area contributed by atoms with Crippen LogP contribution in [-0.2, 0) is 16.1 Å². The van der Waals surface area contributed by atoms with Crippen LogP contribution in [0, 0.1) is 0 Å². The Labute approximate surface area is 158 Å². The number of rotatable bonds is 5. The van der Waals surface area contributed by atoms with Crippen molar-refractivity contribution in [2.24, 2.45) is 0 Å². The van der Waals surface area contributed by atoms with E-state index < -0.39 is 5.97 Å². The quantitative estimate of drug-likeness (QED) is 0.825. The van der Waals surface area contributed by atoms with Crippen molar-refractivity contribution < 1.29 is 19.4 Å². The summed E-state index contributed by atoms with van der Waals surface area (Å²) >= 11 is 0. The second-order valence-corrected chi connectivity index (χ2v) is 6.22. The highest BCUT2D eigenvalue weighted by molar-refractivity contribution is 5.92. The maximum atomic E-state index is 13.1. The van der Waals surface area contributed by atoms with Crippen LogP contribution in [0.15, 0.2) is 60.7 Å². The van der Waals surface area contributed by atoms with Gasteiger partial charge in [0, 0.05) is 24.9 Å². The predicted molar refractivity (Wildman–Crippen MR) is 104 cm³/mol. The third kappa shape index (κ3) is 5.18. The van der Waals surface area contributed by atoms with E-state index in [1.165, 1.54) is 0 Å². The lowest BCUT2D eigenvalue weighted by atomic mass is 10.1. The van der Waals surface area contributed by atoms with Crippen LogP contribution >= 0.6 is 0 Å². The highest BCUT2D eigenvalue weighted by Crippen LogP contribution is 2.20. The summed E-state index contributed by atoms with van der Waals surface area (Å²) in [5.74, 6) is -0.981. The first-order chi connectivity index (χ1) is 13.1. The van der Waals surface area contributed by atoms with Crippen LogP contribution in [0.4, 0.5) is 10.5 Å². The number of nitrogens with zero attached hydrogens (tertiary/aromatic N) is 2. The number of morpholine rings is 1. The molecular formula is C21H22N2O4. The van der Waals surface area contributed by atoms with Crippen LogP contribution in [0.2, 0.25) is 0 Å². The smallest absolute Gasteiger partial charge is 0.328 e. The highest BCUT2D eigenvalue weighted by Gasteiger charge is 2.24. The zero-order valence-electron chi connectivity index (χ0n) is 15.0. The molecule has 2 amide bonds. The van der Waals surface area contributed by atoms with E-state index in [0.717, 1.165) is 22.9 Å². The van der Waals surface area contributed by atoms with Gasteiger partial charge in [-0.3, -0.25) is 4.90 Å². The zero-order valence-corrected chi connectivity index (χ0v) is 15.0. The molecule has 0 bridgehead atoms. The third-order valence-corrected chi connectivity index (χ3v) is 4.32. The molecule has 6 heteroatoms. The number of para-hydroxylation sites is 1. The fraction of sp³-hybridized carbons (Fsp3) is 0.238. The van der Waals surface area contributed by atoms with Crippen LogP contribution in [0.25, 0.3) is 6.08 Å². The van der Waals surface area contributed by atoms with Crippen LogP contribution in [0.1, 0.15) is 11.1 Å². The Morgan fingerprint density at radius 1 is 1.04 bits per heavy atom. The molecule has 140 valence electrons. The van der Waals surface area contributed by atoms with Crippen LogP contribution < -0.4 is 4.90 Å². The molecule has 0 aliphatic carbocycles. The second-order valence-electron chi connectivity index (χ2n) is 6.22. The van der Waals surface area contributed by atoms with E-state index >= 15 is 0 Å². The van der Waals surface area contributed by atoms with Crippen molar-refractivity contribution in [1.29, 1.82) is 0 Å². The first-order valence-electron chi connectivity index (χ1n) is 8.82. The molecule has 1 fully saturated rings. The van der Waals surface area contributed by atoms with Crippen molar-refractivity contribution in [1.82, 2.24) is 4.90 Å². The van der Waals surface area contributed by atoms with E-state index in [1.807, 2.05) is 54.6 Å². The second kappa shape index (κ2) is 9.00.